The lowest BCUT2D eigenvalue weighted by Crippen LogP contribution is -2.14. The third-order valence-electron chi connectivity index (χ3n) is 2.05. The third-order valence-corrected chi connectivity index (χ3v) is 2.05. The van der Waals surface area contributed by atoms with Gasteiger partial charge in [-0.3, -0.25) is 14.8 Å². The van der Waals surface area contributed by atoms with Crippen molar-refractivity contribution < 1.29 is 4.84 Å². The fraction of sp³-hybridized carbons (Fsp3) is 0.167. The van der Waals surface area contributed by atoms with Crippen molar-refractivity contribution in [2.45, 2.75) is 13.2 Å². The van der Waals surface area contributed by atoms with Gasteiger partial charge in [-0.1, -0.05) is 30.3 Å². The van der Waals surface area contributed by atoms with Crippen molar-refractivity contribution in [2.75, 3.05) is 0 Å². The van der Waals surface area contributed by atoms with Gasteiger partial charge in [-0.2, -0.15) is 5.48 Å². The van der Waals surface area contributed by atoms with Crippen molar-refractivity contribution in [1.82, 2.24) is 15.4 Å². The zero-order valence-corrected chi connectivity index (χ0v) is 8.84. The zero-order chi connectivity index (χ0) is 11.1. The number of benzene rings is 1. The largest absolute Gasteiger partial charge is 0.297 e. The average molecular weight is 215 g/mol. The summed E-state index contributed by atoms with van der Waals surface area (Å²) in [6, 6.07) is 9.99. The first-order chi connectivity index (χ1) is 7.95. The number of hydrogen-bond acceptors (Lipinski definition) is 4. The number of aromatic nitrogens is 2. The molecule has 0 amide bonds. The van der Waals surface area contributed by atoms with Crippen molar-refractivity contribution in [1.29, 1.82) is 0 Å². The van der Waals surface area contributed by atoms with Crippen LogP contribution in [0.25, 0.3) is 0 Å². The van der Waals surface area contributed by atoms with Crippen LogP contribution in [0.5, 0.6) is 0 Å². The average Bonchev–Trinajstić information content (AvgIpc) is 2.37. The van der Waals surface area contributed by atoms with E-state index in [0.717, 1.165) is 11.3 Å². The van der Waals surface area contributed by atoms with Crippen molar-refractivity contribution in [3.05, 3.63) is 60.2 Å². The van der Waals surface area contributed by atoms with Gasteiger partial charge in [-0.05, 0) is 5.56 Å². The third kappa shape index (κ3) is 3.42. The molecule has 4 heteroatoms. The lowest BCUT2D eigenvalue weighted by molar-refractivity contribution is 0.0228. The first-order valence-electron chi connectivity index (χ1n) is 5.08. The minimum absolute atomic E-state index is 0.543. The van der Waals surface area contributed by atoms with Crippen LogP contribution in [-0.4, -0.2) is 9.97 Å². The summed E-state index contributed by atoms with van der Waals surface area (Å²) in [4.78, 5) is 13.4. The Balaban J connectivity index is 1.70. The first-order valence-corrected chi connectivity index (χ1v) is 5.08. The quantitative estimate of drug-likeness (QED) is 0.609. The highest BCUT2D eigenvalue weighted by Crippen LogP contribution is 1.99. The van der Waals surface area contributed by atoms with Gasteiger partial charge in [0.1, 0.15) is 0 Å². The molecular weight excluding hydrogens is 202 g/mol. The second kappa shape index (κ2) is 5.95. The lowest BCUT2D eigenvalue weighted by atomic mass is 10.2. The second-order valence-electron chi connectivity index (χ2n) is 3.29. The van der Waals surface area contributed by atoms with Crippen molar-refractivity contribution in [3.8, 4) is 0 Å². The maximum absolute atomic E-state index is 5.31. The molecule has 2 aromatic rings. The van der Waals surface area contributed by atoms with E-state index in [0.29, 0.717) is 13.2 Å². The Morgan fingerprint density at radius 3 is 2.75 bits per heavy atom. The molecule has 0 atom stereocenters. The molecule has 0 fully saturated rings. The van der Waals surface area contributed by atoms with Gasteiger partial charge in [0.15, 0.2) is 0 Å². The van der Waals surface area contributed by atoms with Crippen LogP contribution < -0.4 is 5.48 Å². The monoisotopic (exact) mass is 215 g/mol. The van der Waals surface area contributed by atoms with E-state index in [1.165, 1.54) is 0 Å². The van der Waals surface area contributed by atoms with Crippen molar-refractivity contribution in [2.24, 2.45) is 0 Å². The van der Waals surface area contributed by atoms with Crippen LogP contribution >= 0.6 is 0 Å². The molecule has 0 aliphatic carbocycles. The maximum atomic E-state index is 5.31. The molecule has 1 heterocycles. The van der Waals surface area contributed by atoms with Crippen LogP contribution in [0.2, 0.25) is 0 Å². The van der Waals surface area contributed by atoms with E-state index >= 15 is 0 Å². The normalized spacial score (nSPS) is 10.2. The van der Waals surface area contributed by atoms with E-state index in [1.807, 2.05) is 30.3 Å². The van der Waals surface area contributed by atoms with E-state index in [9.17, 15) is 0 Å². The Labute approximate surface area is 94.3 Å². The molecule has 0 unspecified atom stereocenters. The van der Waals surface area contributed by atoms with E-state index in [4.69, 9.17) is 4.84 Å². The maximum Gasteiger partial charge on any atom is 0.0933 e. The number of hydroxylamine groups is 1. The molecule has 0 bridgehead atoms. The molecule has 1 aromatic heterocycles. The molecule has 0 radical (unpaired) electrons. The zero-order valence-electron chi connectivity index (χ0n) is 8.84. The smallest absolute Gasteiger partial charge is 0.0933 e. The van der Waals surface area contributed by atoms with E-state index in [1.54, 1.807) is 18.6 Å². The summed E-state index contributed by atoms with van der Waals surface area (Å²) >= 11 is 0. The molecule has 0 spiro atoms. The summed E-state index contributed by atoms with van der Waals surface area (Å²) in [7, 11) is 0. The Morgan fingerprint density at radius 2 is 2.00 bits per heavy atom. The Bertz CT molecular complexity index is 364. The number of rotatable bonds is 5. The molecule has 1 aromatic carbocycles. The minimum atomic E-state index is 0.543. The SMILES string of the molecule is c1ccc(CONCc2cnccn2)cc1. The standard InChI is InChI=1S/C12H13N3O/c1-2-4-11(5-3-1)10-16-15-9-12-8-13-6-7-14-12/h1-8,15H,9-10H2. The summed E-state index contributed by atoms with van der Waals surface area (Å²) in [6.45, 7) is 1.10. The van der Waals surface area contributed by atoms with Crippen molar-refractivity contribution in [3.63, 3.8) is 0 Å². The predicted molar refractivity (Wildman–Crippen MR) is 60.1 cm³/mol. The van der Waals surface area contributed by atoms with E-state index in [2.05, 4.69) is 15.4 Å². The van der Waals surface area contributed by atoms with Gasteiger partial charge in [-0.15, -0.1) is 0 Å². The van der Waals surface area contributed by atoms with E-state index in [-0.39, 0.29) is 0 Å². The number of nitrogens with one attached hydrogen (secondary N) is 1. The van der Waals surface area contributed by atoms with Crippen LogP contribution in [0, 0.1) is 0 Å². The van der Waals surface area contributed by atoms with Gasteiger partial charge in [-0.25, -0.2) is 0 Å². The molecule has 0 aliphatic rings. The van der Waals surface area contributed by atoms with Gasteiger partial charge in [0.25, 0.3) is 0 Å². The van der Waals surface area contributed by atoms with Crippen LogP contribution in [0.15, 0.2) is 48.9 Å². The molecule has 0 aliphatic heterocycles. The first kappa shape index (κ1) is 10.7. The molecule has 0 saturated heterocycles. The van der Waals surface area contributed by atoms with Crippen molar-refractivity contribution >= 4 is 0 Å². The van der Waals surface area contributed by atoms with Crippen LogP contribution in [-0.2, 0) is 18.0 Å². The highest BCUT2D eigenvalue weighted by atomic mass is 16.6. The van der Waals surface area contributed by atoms with Gasteiger partial charge in [0, 0.05) is 18.6 Å². The summed E-state index contributed by atoms with van der Waals surface area (Å²) in [5, 5.41) is 0. The molecule has 1 N–H and O–H groups in total. The second-order valence-corrected chi connectivity index (χ2v) is 3.29. The molecule has 2 rings (SSSR count). The summed E-state index contributed by atoms with van der Waals surface area (Å²) in [5.74, 6) is 0. The molecule has 82 valence electrons. The van der Waals surface area contributed by atoms with Crippen LogP contribution in [0.3, 0.4) is 0 Å². The minimum Gasteiger partial charge on any atom is -0.297 e. The van der Waals surface area contributed by atoms with Gasteiger partial charge < -0.3 is 0 Å². The molecule has 4 nitrogen and oxygen atoms in total. The fourth-order valence-corrected chi connectivity index (χ4v) is 1.25. The van der Waals surface area contributed by atoms with Gasteiger partial charge >= 0.3 is 0 Å². The van der Waals surface area contributed by atoms with Crippen LogP contribution in [0.1, 0.15) is 11.3 Å². The number of hydrogen-bond donors (Lipinski definition) is 1. The Hall–Kier alpha value is -1.78. The Morgan fingerprint density at radius 1 is 1.12 bits per heavy atom. The van der Waals surface area contributed by atoms with Gasteiger partial charge in [0.05, 0.1) is 18.8 Å². The highest BCUT2D eigenvalue weighted by Gasteiger charge is 1.94. The topological polar surface area (TPSA) is 47.0 Å². The molecule has 0 saturated carbocycles. The van der Waals surface area contributed by atoms with Crippen LogP contribution in [0.4, 0.5) is 0 Å². The summed E-state index contributed by atoms with van der Waals surface area (Å²) in [6.07, 6.45) is 5.02. The summed E-state index contributed by atoms with van der Waals surface area (Å²) in [5.41, 5.74) is 4.84. The van der Waals surface area contributed by atoms with Gasteiger partial charge in [0.2, 0.25) is 0 Å². The molecular formula is C12H13N3O. The predicted octanol–water partition coefficient (Wildman–Crippen LogP) is 1.70. The highest BCUT2D eigenvalue weighted by molar-refractivity contribution is 5.13. The fourth-order valence-electron chi connectivity index (χ4n) is 1.25. The van der Waals surface area contributed by atoms with E-state index < -0.39 is 0 Å². The number of nitrogens with zero attached hydrogens (tertiary/aromatic N) is 2. The Kier molecular flexibility index (Phi) is 3.99. The summed E-state index contributed by atoms with van der Waals surface area (Å²) < 4.78 is 0. The molecule has 16 heavy (non-hydrogen) atoms. The lowest BCUT2D eigenvalue weighted by Gasteiger charge is -2.04.